The fourth-order valence-electron chi connectivity index (χ4n) is 0.916. The van der Waals surface area contributed by atoms with Crippen molar-refractivity contribution in [3.63, 3.8) is 0 Å². The largest absolute Gasteiger partial charge is 0.504 e. The lowest BCUT2D eigenvalue weighted by Gasteiger charge is -2.06. The Labute approximate surface area is 79.3 Å². The zero-order valence-corrected chi connectivity index (χ0v) is 7.50. The molecule has 5 heteroatoms. The fraction of sp³-hybridized carbons (Fsp3) is 0.125. The predicted octanol–water partition coefficient (Wildman–Crippen LogP) is 1.75. The Bertz CT molecular complexity index is 348. The van der Waals surface area contributed by atoms with E-state index in [0.29, 0.717) is 0 Å². The topological polar surface area (TPSA) is 66.8 Å². The van der Waals surface area contributed by atoms with Crippen LogP contribution >= 0.6 is 11.6 Å². The van der Waals surface area contributed by atoms with E-state index in [9.17, 15) is 9.90 Å². The predicted molar refractivity (Wildman–Crippen MR) is 46.6 cm³/mol. The number of carbonyl (C=O) groups is 1. The first-order valence-electron chi connectivity index (χ1n) is 3.36. The van der Waals surface area contributed by atoms with Crippen molar-refractivity contribution in [1.82, 2.24) is 0 Å². The molecule has 0 bridgehead atoms. The van der Waals surface area contributed by atoms with Crippen LogP contribution in [-0.4, -0.2) is 23.3 Å². The molecular formula is C8H7ClO4. The standard InChI is InChI=1S/C8H7ClO4/c1-13-5-3-2-4(9)6(7(5)10)8(11)12/h2-3,10H,1H3,(H,11,12). The van der Waals surface area contributed by atoms with Crippen LogP contribution in [0.2, 0.25) is 5.02 Å². The summed E-state index contributed by atoms with van der Waals surface area (Å²) in [5.74, 6) is -1.66. The van der Waals surface area contributed by atoms with Crippen molar-refractivity contribution in [3.05, 3.63) is 22.7 Å². The van der Waals surface area contributed by atoms with E-state index in [-0.39, 0.29) is 16.3 Å². The van der Waals surface area contributed by atoms with Gasteiger partial charge in [0.15, 0.2) is 11.5 Å². The molecular weight excluding hydrogens is 196 g/mol. The van der Waals surface area contributed by atoms with Gasteiger partial charge in [-0.15, -0.1) is 0 Å². The van der Waals surface area contributed by atoms with Crippen molar-refractivity contribution in [2.45, 2.75) is 0 Å². The minimum absolute atomic E-state index is 0.0224. The molecule has 0 aliphatic carbocycles. The molecule has 1 aromatic carbocycles. The Morgan fingerprint density at radius 1 is 1.54 bits per heavy atom. The summed E-state index contributed by atoms with van der Waals surface area (Å²) >= 11 is 5.56. The summed E-state index contributed by atoms with van der Waals surface area (Å²) in [5.41, 5.74) is -0.346. The number of phenols is 1. The van der Waals surface area contributed by atoms with Gasteiger partial charge in [-0.05, 0) is 12.1 Å². The number of aromatic hydroxyl groups is 1. The van der Waals surface area contributed by atoms with Gasteiger partial charge in [0, 0.05) is 0 Å². The summed E-state index contributed by atoms with van der Waals surface area (Å²) in [6.07, 6.45) is 0. The number of hydrogen-bond donors (Lipinski definition) is 2. The maximum Gasteiger partial charge on any atom is 0.341 e. The normalized spacial score (nSPS) is 9.69. The number of carboxylic acid groups (broad SMARTS) is 1. The number of halogens is 1. The molecule has 0 aliphatic rings. The third-order valence-corrected chi connectivity index (χ3v) is 1.84. The number of methoxy groups -OCH3 is 1. The Morgan fingerprint density at radius 2 is 2.15 bits per heavy atom. The quantitative estimate of drug-likeness (QED) is 0.767. The minimum Gasteiger partial charge on any atom is -0.504 e. The minimum atomic E-state index is -1.29. The smallest absolute Gasteiger partial charge is 0.341 e. The van der Waals surface area contributed by atoms with Crippen LogP contribution in [0.5, 0.6) is 11.5 Å². The molecule has 0 spiro atoms. The zero-order valence-electron chi connectivity index (χ0n) is 6.74. The van der Waals surface area contributed by atoms with Crippen molar-refractivity contribution in [3.8, 4) is 11.5 Å². The molecule has 2 N–H and O–H groups in total. The summed E-state index contributed by atoms with van der Waals surface area (Å²) < 4.78 is 4.72. The molecule has 4 nitrogen and oxygen atoms in total. The van der Waals surface area contributed by atoms with Gasteiger partial charge in [-0.3, -0.25) is 0 Å². The molecule has 0 atom stereocenters. The average molecular weight is 203 g/mol. The van der Waals surface area contributed by atoms with Crippen LogP contribution in [0.15, 0.2) is 12.1 Å². The molecule has 0 saturated carbocycles. The van der Waals surface area contributed by atoms with Crippen LogP contribution in [0, 0.1) is 0 Å². The molecule has 70 valence electrons. The van der Waals surface area contributed by atoms with Gasteiger partial charge in [-0.1, -0.05) is 11.6 Å². The van der Waals surface area contributed by atoms with Gasteiger partial charge >= 0.3 is 5.97 Å². The van der Waals surface area contributed by atoms with Gasteiger partial charge in [0.25, 0.3) is 0 Å². The van der Waals surface area contributed by atoms with Crippen molar-refractivity contribution in [1.29, 1.82) is 0 Å². The zero-order chi connectivity index (χ0) is 10.0. The van der Waals surface area contributed by atoms with Gasteiger partial charge in [-0.25, -0.2) is 4.79 Å². The van der Waals surface area contributed by atoms with Gasteiger partial charge in [0.2, 0.25) is 0 Å². The van der Waals surface area contributed by atoms with Gasteiger partial charge in [0.1, 0.15) is 5.56 Å². The molecule has 0 aromatic heterocycles. The number of aromatic carboxylic acids is 1. The Hall–Kier alpha value is -1.42. The first-order valence-corrected chi connectivity index (χ1v) is 3.74. The second-order valence-electron chi connectivity index (χ2n) is 2.28. The van der Waals surface area contributed by atoms with Crippen LogP contribution in [-0.2, 0) is 0 Å². The summed E-state index contributed by atoms with van der Waals surface area (Å²) in [6.45, 7) is 0. The highest BCUT2D eigenvalue weighted by molar-refractivity contribution is 6.34. The average Bonchev–Trinajstić information content (AvgIpc) is 2.04. The van der Waals surface area contributed by atoms with E-state index in [1.807, 2.05) is 0 Å². The maximum absolute atomic E-state index is 10.6. The van der Waals surface area contributed by atoms with Gasteiger partial charge < -0.3 is 14.9 Å². The van der Waals surface area contributed by atoms with E-state index < -0.39 is 11.7 Å². The molecule has 0 fully saturated rings. The highest BCUT2D eigenvalue weighted by atomic mass is 35.5. The van der Waals surface area contributed by atoms with E-state index in [4.69, 9.17) is 21.4 Å². The lowest BCUT2D eigenvalue weighted by Crippen LogP contribution is -1.99. The van der Waals surface area contributed by atoms with Gasteiger partial charge in [0.05, 0.1) is 12.1 Å². The first kappa shape index (κ1) is 9.67. The SMILES string of the molecule is COc1ccc(Cl)c(C(=O)O)c1O. The Morgan fingerprint density at radius 3 is 2.62 bits per heavy atom. The van der Waals surface area contributed by atoms with E-state index in [0.717, 1.165) is 0 Å². The number of rotatable bonds is 2. The van der Waals surface area contributed by atoms with E-state index >= 15 is 0 Å². The number of carboxylic acids is 1. The highest BCUT2D eigenvalue weighted by Gasteiger charge is 2.17. The summed E-state index contributed by atoms with van der Waals surface area (Å²) in [7, 11) is 1.33. The molecule has 0 radical (unpaired) electrons. The van der Waals surface area contributed by atoms with Gasteiger partial charge in [-0.2, -0.15) is 0 Å². The highest BCUT2D eigenvalue weighted by Crippen LogP contribution is 2.34. The van der Waals surface area contributed by atoms with Crippen LogP contribution in [0.4, 0.5) is 0 Å². The third-order valence-electron chi connectivity index (χ3n) is 1.52. The molecule has 1 aromatic rings. The molecule has 0 unspecified atom stereocenters. The number of ether oxygens (including phenoxy) is 1. The summed E-state index contributed by atoms with van der Waals surface area (Å²) in [6, 6.07) is 2.74. The second kappa shape index (κ2) is 3.53. The molecule has 1 rings (SSSR count). The summed E-state index contributed by atoms with van der Waals surface area (Å²) in [5, 5.41) is 18.0. The monoisotopic (exact) mass is 202 g/mol. The van der Waals surface area contributed by atoms with Crippen molar-refractivity contribution >= 4 is 17.6 Å². The molecule has 13 heavy (non-hydrogen) atoms. The first-order chi connectivity index (χ1) is 6.07. The lowest BCUT2D eigenvalue weighted by atomic mass is 10.2. The van der Waals surface area contributed by atoms with Crippen LogP contribution in [0.3, 0.4) is 0 Å². The lowest BCUT2D eigenvalue weighted by molar-refractivity contribution is 0.0693. The van der Waals surface area contributed by atoms with Crippen molar-refractivity contribution < 1.29 is 19.7 Å². The van der Waals surface area contributed by atoms with E-state index in [1.165, 1.54) is 19.2 Å². The molecule has 0 heterocycles. The Kier molecular flexibility index (Phi) is 2.63. The fourth-order valence-corrected chi connectivity index (χ4v) is 1.15. The van der Waals surface area contributed by atoms with Crippen LogP contribution < -0.4 is 4.74 Å². The summed E-state index contributed by atoms with van der Waals surface area (Å²) in [4.78, 5) is 10.6. The molecule has 0 amide bonds. The van der Waals surface area contributed by atoms with Crippen LogP contribution in [0.25, 0.3) is 0 Å². The third kappa shape index (κ3) is 1.67. The Balaban J connectivity index is 3.38. The van der Waals surface area contributed by atoms with Crippen molar-refractivity contribution in [2.24, 2.45) is 0 Å². The van der Waals surface area contributed by atoms with E-state index in [1.54, 1.807) is 0 Å². The molecule has 0 aliphatic heterocycles. The second-order valence-corrected chi connectivity index (χ2v) is 2.69. The number of benzene rings is 1. The number of hydrogen-bond acceptors (Lipinski definition) is 3. The maximum atomic E-state index is 10.6. The molecule has 0 saturated heterocycles. The van der Waals surface area contributed by atoms with Crippen LogP contribution in [0.1, 0.15) is 10.4 Å². The van der Waals surface area contributed by atoms with Crippen molar-refractivity contribution in [2.75, 3.05) is 7.11 Å². The van der Waals surface area contributed by atoms with E-state index in [2.05, 4.69) is 0 Å².